The summed E-state index contributed by atoms with van der Waals surface area (Å²) in [6, 6.07) is 0. The van der Waals surface area contributed by atoms with E-state index in [0.29, 0.717) is 13.5 Å². The first-order valence-corrected chi connectivity index (χ1v) is 8.89. The molecular weight excluding hydrogens is 353 g/mol. The lowest BCUT2D eigenvalue weighted by Gasteiger charge is -2.35. The van der Waals surface area contributed by atoms with Crippen LogP contribution in [0.15, 0.2) is 0 Å². The first-order chi connectivity index (χ1) is 9.80. The van der Waals surface area contributed by atoms with Crippen molar-refractivity contribution in [3.63, 3.8) is 0 Å². The van der Waals surface area contributed by atoms with E-state index in [1.54, 1.807) is 6.92 Å². The topological polar surface area (TPSA) is 109 Å². The number of carbonyl (C=O) groups is 2. The molecule has 1 saturated heterocycles. The van der Waals surface area contributed by atoms with Crippen LogP contribution < -0.4 is 0 Å². The minimum atomic E-state index is -6.19. The highest BCUT2D eigenvalue weighted by Gasteiger charge is 2.62. The summed E-state index contributed by atoms with van der Waals surface area (Å²) in [5.41, 5.74) is -5.86. The molecule has 1 heterocycles. The molecule has 1 atom stereocenters. The van der Waals surface area contributed by atoms with Gasteiger partial charge in [-0.15, -0.1) is 0 Å². The molecule has 1 fully saturated rings. The molecule has 1 rings (SSSR count). The number of unbranched alkanes of at least 4 members (excludes halogenated alkanes) is 1. The number of amides is 2. The molecule has 0 saturated carbocycles. The molecule has 0 aromatic carbocycles. The van der Waals surface area contributed by atoms with Crippen LogP contribution in [-0.4, -0.2) is 61.6 Å². The third-order valence-electron chi connectivity index (χ3n) is 2.98. The van der Waals surface area contributed by atoms with Crippen LogP contribution in [0, 0.1) is 0 Å². The van der Waals surface area contributed by atoms with Crippen molar-refractivity contribution in [3.8, 4) is 0 Å². The molecule has 0 spiro atoms. The Hall–Kier alpha value is -1.37. The highest BCUT2D eigenvalue weighted by Crippen LogP contribution is 2.32. The summed E-state index contributed by atoms with van der Waals surface area (Å²) in [5, 5.41) is -3.14. The molecule has 0 aromatic heterocycles. The van der Waals surface area contributed by atoms with E-state index in [1.807, 2.05) is 0 Å². The fourth-order valence-electron chi connectivity index (χ4n) is 1.70. The van der Waals surface area contributed by atoms with Crippen molar-refractivity contribution in [2.75, 3.05) is 13.6 Å². The van der Waals surface area contributed by atoms with Gasteiger partial charge in [0.1, 0.15) is 0 Å². The fourth-order valence-corrected chi connectivity index (χ4v) is 4.24. The molecule has 1 aliphatic heterocycles. The lowest BCUT2D eigenvalue weighted by atomic mass is 10.3. The number of halogens is 3. The Balaban J connectivity index is 3.44. The van der Waals surface area contributed by atoms with Gasteiger partial charge in [0, 0.05) is 13.6 Å². The van der Waals surface area contributed by atoms with Crippen LogP contribution >= 0.6 is 0 Å². The number of sulfone groups is 1. The molecule has 128 valence electrons. The molecule has 0 bridgehead atoms. The maximum absolute atomic E-state index is 12.6. The van der Waals surface area contributed by atoms with E-state index in [0.717, 1.165) is 0 Å². The normalized spacial score (nSPS) is 23.0. The van der Waals surface area contributed by atoms with Crippen LogP contribution in [0.1, 0.15) is 19.8 Å². The van der Waals surface area contributed by atoms with Gasteiger partial charge in [0.25, 0.3) is 21.7 Å². The average Bonchev–Trinajstić information content (AvgIpc) is 2.35. The molecule has 0 radical (unpaired) electrons. The molecule has 0 N–H and O–H groups in total. The molecule has 8 nitrogen and oxygen atoms in total. The Bertz CT molecular complexity index is 685. The molecule has 1 aliphatic rings. The van der Waals surface area contributed by atoms with Gasteiger partial charge in [0.15, 0.2) is 0 Å². The van der Waals surface area contributed by atoms with Gasteiger partial charge in [-0.25, -0.2) is 17.0 Å². The Labute approximate surface area is 125 Å². The van der Waals surface area contributed by atoms with Gasteiger partial charge >= 0.3 is 15.7 Å². The van der Waals surface area contributed by atoms with E-state index in [2.05, 4.69) is 0 Å². The van der Waals surface area contributed by atoms with Crippen molar-refractivity contribution >= 4 is 31.9 Å². The van der Waals surface area contributed by atoms with E-state index in [-0.39, 0.29) is 15.0 Å². The minimum Gasteiger partial charge on any atom is -0.272 e. The average molecular weight is 366 g/mol. The Kier molecular flexibility index (Phi) is 4.82. The molecular formula is C9H13F3N2O6S2. The van der Waals surface area contributed by atoms with Crippen LogP contribution in [0.2, 0.25) is 0 Å². The second-order valence-electron chi connectivity index (χ2n) is 4.45. The van der Waals surface area contributed by atoms with Crippen molar-refractivity contribution in [2.24, 2.45) is 0 Å². The zero-order valence-corrected chi connectivity index (χ0v) is 13.1. The van der Waals surface area contributed by atoms with Gasteiger partial charge in [0.2, 0.25) is 5.25 Å². The van der Waals surface area contributed by atoms with Gasteiger partial charge in [-0.3, -0.25) is 9.59 Å². The highest BCUT2D eigenvalue weighted by atomic mass is 32.2. The molecule has 0 aromatic rings. The summed E-state index contributed by atoms with van der Waals surface area (Å²) < 4.78 is 84.2. The third-order valence-corrected chi connectivity index (χ3v) is 6.44. The van der Waals surface area contributed by atoms with Crippen LogP contribution in [0.3, 0.4) is 0 Å². The predicted octanol–water partition coefficient (Wildman–Crippen LogP) is -0.365. The molecule has 0 aliphatic carbocycles. The van der Waals surface area contributed by atoms with Gasteiger partial charge in [-0.1, -0.05) is 13.3 Å². The van der Waals surface area contributed by atoms with Crippen LogP contribution in [0.4, 0.5) is 13.2 Å². The van der Waals surface area contributed by atoms with Crippen LogP contribution in [0.5, 0.6) is 0 Å². The number of hydrogen-bond acceptors (Lipinski definition) is 6. The Morgan fingerprint density at radius 2 is 1.68 bits per heavy atom. The summed E-state index contributed by atoms with van der Waals surface area (Å²) in [5.74, 6) is -3.86. The molecule has 1 unspecified atom stereocenters. The first kappa shape index (κ1) is 18.7. The van der Waals surface area contributed by atoms with Gasteiger partial charge in [-0.2, -0.15) is 21.6 Å². The van der Waals surface area contributed by atoms with Crippen molar-refractivity contribution in [3.05, 3.63) is 0 Å². The van der Waals surface area contributed by atoms with Crippen molar-refractivity contribution in [1.82, 2.24) is 8.61 Å². The summed E-state index contributed by atoms with van der Waals surface area (Å²) >= 11 is 0. The maximum Gasteiger partial charge on any atom is 0.498 e. The van der Waals surface area contributed by atoms with Crippen molar-refractivity contribution < 1.29 is 39.6 Å². The quantitative estimate of drug-likeness (QED) is 0.629. The number of rotatable bonds is 4. The molecule has 13 heteroatoms. The lowest BCUT2D eigenvalue weighted by Crippen LogP contribution is -2.64. The smallest absolute Gasteiger partial charge is 0.272 e. The van der Waals surface area contributed by atoms with Crippen molar-refractivity contribution in [2.45, 2.75) is 30.5 Å². The highest BCUT2D eigenvalue weighted by molar-refractivity contribution is 7.95. The zero-order valence-electron chi connectivity index (χ0n) is 11.5. The summed E-state index contributed by atoms with van der Waals surface area (Å²) in [4.78, 5) is 23.6. The van der Waals surface area contributed by atoms with Crippen molar-refractivity contribution in [1.29, 1.82) is 0 Å². The number of carbonyl (C=O) groups excluding carboxylic acids is 2. The van der Waals surface area contributed by atoms with E-state index in [1.165, 1.54) is 0 Å². The summed E-state index contributed by atoms with van der Waals surface area (Å²) in [6.45, 7) is 1.11. The van der Waals surface area contributed by atoms with Gasteiger partial charge in [0.05, 0.1) is 0 Å². The minimum absolute atomic E-state index is 0.00808. The standard InChI is InChI=1S/C9H13F3N2O6S2/c1-3-4-5-14-8(16)6(21(17,18)9(10,11)12)7(15)13(2)22(14,19)20/h6H,3-5H2,1-2H3. The van der Waals surface area contributed by atoms with Crippen LogP contribution in [0.25, 0.3) is 0 Å². The summed E-state index contributed by atoms with van der Waals surface area (Å²) in [6.07, 6.45) is 0.499. The van der Waals surface area contributed by atoms with Crippen LogP contribution in [-0.2, 0) is 29.6 Å². The van der Waals surface area contributed by atoms with E-state index < -0.39 is 49.2 Å². The Morgan fingerprint density at radius 3 is 2.09 bits per heavy atom. The number of alkyl halides is 3. The van der Waals surface area contributed by atoms with Gasteiger partial charge < -0.3 is 0 Å². The third kappa shape index (κ3) is 2.78. The fraction of sp³-hybridized carbons (Fsp3) is 0.778. The summed E-state index contributed by atoms with van der Waals surface area (Å²) in [7, 11) is -10.3. The molecule has 22 heavy (non-hydrogen) atoms. The molecule has 2 amide bonds. The monoisotopic (exact) mass is 366 g/mol. The number of hydrogen-bond donors (Lipinski definition) is 0. The lowest BCUT2D eigenvalue weighted by molar-refractivity contribution is -0.137. The first-order valence-electron chi connectivity index (χ1n) is 5.94. The van der Waals surface area contributed by atoms with E-state index >= 15 is 0 Å². The van der Waals surface area contributed by atoms with Gasteiger partial charge in [-0.05, 0) is 6.42 Å². The van der Waals surface area contributed by atoms with E-state index in [4.69, 9.17) is 0 Å². The maximum atomic E-state index is 12.6. The zero-order chi connectivity index (χ0) is 17.5. The SMILES string of the molecule is CCCCN1C(=O)C(S(=O)(=O)C(F)(F)F)C(=O)N(C)S1(=O)=O. The Morgan fingerprint density at radius 1 is 1.18 bits per heavy atom. The number of nitrogens with zero attached hydrogens (tertiary/aromatic N) is 2. The predicted molar refractivity (Wildman–Crippen MR) is 67.1 cm³/mol. The second kappa shape index (κ2) is 5.68. The second-order valence-corrected chi connectivity index (χ2v) is 8.36. The van der Waals surface area contributed by atoms with E-state index in [9.17, 15) is 39.6 Å². The largest absolute Gasteiger partial charge is 0.498 e.